The maximum Gasteiger partial charge on any atom is 0.0598 e. The van der Waals surface area contributed by atoms with E-state index in [1.165, 1.54) is 118 Å². The molecule has 0 radical (unpaired) electrons. The fourth-order valence-corrected chi connectivity index (χ4v) is 10.1. The Morgan fingerprint density at radius 3 is 2.00 bits per heavy atom. The van der Waals surface area contributed by atoms with Gasteiger partial charge in [0, 0.05) is 12.5 Å². The van der Waals surface area contributed by atoms with Crippen molar-refractivity contribution in [2.24, 2.45) is 0 Å². The highest BCUT2D eigenvalue weighted by Crippen LogP contribution is 2.57. The zero-order valence-corrected chi connectivity index (χ0v) is 37.6. The Hall–Kier alpha value is -3.68. The summed E-state index contributed by atoms with van der Waals surface area (Å²) >= 11 is 0. The Morgan fingerprint density at radius 2 is 1.32 bits per heavy atom. The number of allylic oxidation sites excluding steroid dienone is 3. The molecule has 4 aromatic carbocycles. The highest BCUT2D eigenvalue weighted by molar-refractivity contribution is 6.10. The number of hydrogen-bond acceptors (Lipinski definition) is 1. The molecule has 0 bridgehead atoms. The first-order chi connectivity index (χ1) is 27.0. The van der Waals surface area contributed by atoms with Crippen LogP contribution in [-0.2, 0) is 28.4 Å². The third-order valence-electron chi connectivity index (χ3n) is 13.4. The van der Waals surface area contributed by atoms with E-state index in [0.29, 0.717) is 5.92 Å². The third-order valence-corrected chi connectivity index (χ3v) is 13.4. The smallest absolute Gasteiger partial charge is 0.0598 e. The second-order valence-electron chi connectivity index (χ2n) is 20.9. The van der Waals surface area contributed by atoms with Crippen molar-refractivity contribution in [3.63, 3.8) is 0 Å². The lowest BCUT2D eigenvalue weighted by Crippen LogP contribution is -2.19. The van der Waals surface area contributed by atoms with Crippen LogP contribution >= 0.6 is 0 Å². The molecule has 3 aliphatic carbocycles. The molecule has 3 aliphatic rings. The van der Waals surface area contributed by atoms with E-state index in [1.54, 1.807) is 16.7 Å². The molecule has 4 aromatic rings. The van der Waals surface area contributed by atoms with Gasteiger partial charge in [-0.05, 0) is 179 Å². The molecule has 0 N–H and O–H groups in total. The number of rotatable bonds is 11. The summed E-state index contributed by atoms with van der Waals surface area (Å²) in [6.45, 7) is 26.3. The van der Waals surface area contributed by atoms with Crippen molar-refractivity contribution in [2.45, 2.75) is 175 Å². The number of benzene rings is 4. The van der Waals surface area contributed by atoms with Gasteiger partial charge in [0.05, 0.1) is 5.60 Å². The fraction of sp³-hybridized carbons (Fsp3) is 0.500. The van der Waals surface area contributed by atoms with Crippen LogP contribution in [0.5, 0.6) is 0 Å². The summed E-state index contributed by atoms with van der Waals surface area (Å²) in [6.07, 6.45) is 16.2. The van der Waals surface area contributed by atoms with Crippen LogP contribution in [0.3, 0.4) is 0 Å². The monoisotopic (exact) mass is 761 g/mol. The van der Waals surface area contributed by atoms with Crippen LogP contribution in [0.1, 0.15) is 199 Å². The van der Waals surface area contributed by atoms with Crippen molar-refractivity contribution >= 4 is 22.8 Å². The van der Waals surface area contributed by atoms with Crippen molar-refractivity contribution in [1.29, 1.82) is 0 Å². The lowest BCUT2D eigenvalue weighted by atomic mass is 9.74. The second-order valence-corrected chi connectivity index (χ2v) is 20.9. The van der Waals surface area contributed by atoms with Crippen LogP contribution in [-0.4, -0.2) is 12.2 Å². The van der Waals surface area contributed by atoms with E-state index in [1.807, 2.05) is 0 Å². The van der Waals surface area contributed by atoms with Crippen LogP contribution in [0.4, 0.5) is 0 Å². The van der Waals surface area contributed by atoms with Gasteiger partial charge in [-0.15, -0.1) is 0 Å². The van der Waals surface area contributed by atoms with E-state index in [2.05, 4.69) is 155 Å². The van der Waals surface area contributed by atoms with Gasteiger partial charge in [-0.3, -0.25) is 0 Å². The molecular formula is C56H72O. The normalized spacial score (nSPS) is 17.6. The average Bonchev–Trinajstić information content (AvgIpc) is 3.73. The van der Waals surface area contributed by atoms with Crippen LogP contribution in [0.25, 0.3) is 22.8 Å². The minimum Gasteiger partial charge on any atom is -0.376 e. The molecule has 0 spiro atoms. The highest BCUT2D eigenvalue weighted by atomic mass is 16.5. The summed E-state index contributed by atoms with van der Waals surface area (Å²) < 4.78 is 6.02. The van der Waals surface area contributed by atoms with Crippen molar-refractivity contribution in [2.75, 3.05) is 6.61 Å². The molecule has 0 aromatic heterocycles. The van der Waals surface area contributed by atoms with Crippen molar-refractivity contribution in [3.05, 3.63) is 140 Å². The van der Waals surface area contributed by atoms with Crippen molar-refractivity contribution in [1.82, 2.24) is 0 Å². The molecule has 1 unspecified atom stereocenters. The molecule has 57 heavy (non-hydrogen) atoms. The van der Waals surface area contributed by atoms with Crippen molar-refractivity contribution in [3.8, 4) is 0 Å². The van der Waals surface area contributed by atoms with E-state index in [-0.39, 0.29) is 22.3 Å². The minimum absolute atomic E-state index is 0.0547. The Balaban J connectivity index is 1.38. The molecule has 1 saturated carbocycles. The number of unbranched alkanes of at least 4 members (excludes halogenated alkanes) is 3. The van der Waals surface area contributed by atoms with Gasteiger partial charge in [0.25, 0.3) is 0 Å². The summed E-state index contributed by atoms with van der Waals surface area (Å²) in [5.41, 5.74) is 22.4. The predicted octanol–water partition coefficient (Wildman–Crippen LogP) is 15.7. The van der Waals surface area contributed by atoms with Crippen LogP contribution in [0.2, 0.25) is 0 Å². The van der Waals surface area contributed by atoms with Crippen LogP contribution in [0.15, 0.2) is 72.8 Å². The number of ether oxygens (including phenoxy) is 1. The molecule has 1 heteroatoms. The van der Waals surface area contributed by atoms with E-state index < -0.39 is 0 Å². The zero-order valence-electron chi connectivity index (χ0n) is 37.6. The first-order valence-corrected chi connectivity index (χ1v) is 22.6. The quantitative estimate of drug-likeness (QED) is 0.138. The first kappa shape index (κ1) is 41.5. The van der Waals surface area contributed by atoms with E-state index >= 15 is 0 Å². The Kier molecular flexibility index (Phi) is 12.0. The third kappa shape index (κ3) is 9.00. The van der Waals surface area contributed by atoms with Gasteiger partial charge in [-0.2, -0.15) is 0 Å². The number of aryl methyl sites for hydroxylation is 2. The SMILES string of the molecule is Cc1cc(C(C)(C)C)ccc1C1=Cc2ccccc2C1C1=C(c2ccc(C(C)(C)C)cc2C2CCCCC2)Cc2ccc(CCCCCCOC(C)(C)C)c(C)c21. The van der Waals surface area contributed by atoms with E-state index in [4.69, 9.17) is 4.74 Å². The summed E-state index contributed by atoms with van der Waals surface area (Å²) in [5.74, 6) is 0.798. The lowest BCUT2D eigenvalue weighted by molar-refractivity contribution is -0.00473. The molecule has 1 atom stereocenters. The lowest BCUT2D eigenvalue weighted by Gasteiger charge is -2.30. The molecule has 0 heterocycles. The highest BCUT2D eigenvalue weighted by Gasteiger charge is 2.38. The van der Waals surface area contributed by atoms with Gasteiger partial charge >= 0.3 is 0 Å². The van der Waals surface area contributed by atoms with E-state index in [9.17, 15) is 0 Å². The maximum absolute atomic E-state index is 6.02. The first-order valence-electron chi connectivity index (χ1n) is 22.6. The largest absolute Gasteiger partial charge is 0.376 e. The summed E-state index contributed by atoms with van der Waals surface area (Å²) in [4.78, 5) is 0. The Labute approximate surface area is 347 Å². The van der Waals surface area contributed by atoms with E-state index in [0.717, 1.165) is 25.9 Å². The zero-order chi connectivity index (χ0) is 40.7. The van der Waals surface area contributed by atoms with Gasteiger partial charge in [0.2, 0.25) is 0 Å². The summed E-state index contributed by atoms with van der Waals surface area (Å²) in [6, 6.07) is 29.2. The molecule has 1 nitrogen and oxygen atoms in total. The molecule has 0 amide bonds. The standard InChI is InChI=1S/C56H72O/c1-37-33-43(54(3,4)5)28-30-45(37)49-34-41-24-18-19-25-46(41)52(49)53-50(47-31-29-44(55(6,7)8)36-48(47)40-22-16-14-17-23-40)35-42-27-26-39(38(2)51(42)53)21-15-12-13-20-32-57-56(9,10)11/h18-19,24-31,33-34,36,40,52H,12-17,20-23,32,35H2,1-11H3. The number of fused-ring (bicyclic) bond motifs is 2. The Bertz CT molecular complexity index is 2140. The molecule has 302 valence electrons. The maximum atomic E-state index is 6.02. The average molecular weight is 761 g/mol. The molecule has 0 aliphatic heterocycles. The van der Waals surface area contributed by atoms with Gasteiger partial charge in [-0.1, -0.05) is 146 Å². The van der Waals surface area contributed by atoms with Crippen molar-refractivity contribution < 1.29 is 4.74 Å². The topological polar surface area (TPSA) is 9.23 Å². The van der Waals surface area contributed by atoms with Gasteiger partial charge in [-0.25, -0.2) is 0 Å². The van der Waals surface area contributed by atoms with Gasteiger partial charge < -0.3 is 4.74 Å². The molecule has 7 rings (SSSR count). The summed E-state index contributed by atoms with van der Waals surface area (Å²) in [5, 5.41) is 0. The predicted molar refractivity (Wildman–Crippen MR) is 247 cm³/mol. The Morgan fingerprint density at radius 1 is 0.649 bits per heavy atom. The molecular weight excluding hydrogens is 689 g/mol. The molecule has 0 saturated heterocycles. The summed E-state index contributed by atoms with van der Waals surface area (Å²) in [7, 11) is 0. The second kappa shape index (κ2) is 16.5. The fourth-order valence-electron chi connectivity index (χ4n) is 10.1. The van der Waals surface area contributed by atoms with Crippen LogP contribution < -0.4 is 0 Å². The molecule has 1 fully saturated rings. The van der Waals surface area contributed by atoms with Gasteiger partial charge in [0.15, 0.2) is 0 Å². The minimum atomic E-state index is -0.0547. The van der Waals surface area contributed by atoms with Crippen LogP contribution in [0, 0.1) is 13.8 Å². The number of hydrogen-bond donors (Lipinski definition) is 0. The van der Waals surface area contributed by atoms with Gasteiger partial charge in [0.1, 0.15) is 0 Å².